The first-order valence-corrected chi connectivity index (χ1v) is 10.7. The van der Waals surface area contributed by atoms with E-state index in [1.165, 1.54) is 12.1 Å². The van der Waals surface area contributed by atoms with Crippen molar-refractivity contribution in [3.8, 4) is 22.6 Å². The first-order valence-electron chi connectivity index (χ1n) is 10.7. The molecule has 0 radical (unpaired) electrons. The lowest BCUT2D eigenvalue weighted by Gasteiger charge is -2.18. The molecule has 0 saturated heterocycles. The Balaban J connectivity index is 0.00000289. The second kappa shape index (κ2) is 7.55. The Hall–Kier alpha value is -3.94. The van der Waals surface area contributed by atoms with Crippen LogP contribution in [-0.4, -0.2) is 23.3 Å². The van der Waals surface area contributed by atoms with Gasteiger partial charge in [0.05, 0.1) is 11.0 Å². The number of fused-ring (bicyclic) bond motifs is 1. The molecule has 0 atom stereocenters. The van der Waals surface area contributed by atoms with Gasteiger partial charge in [0.1, 0.15) is 0 Å². The summed E-state index contributed by atoms with van der Waals surface area (Å²) in [6.07, 6.45) is -2.56. The number of ether oxygens (including phenoxy) is 2. The number of carboxylic acids is 1. The molecular formula is C26H23F2NO5. The second-order valence-corrected chi connectivity index (χ2v) is 8.73. The number of carboxylic acid groups (broad SMARTS) is 1. The number of carbonyl (C=O) groups is 2. The average Bonchev–Trinajstić information content (AvgIpc) is 3.52. The molecule has 6 nitrogen and oxygen atoms in total. The van der Waals surface area contributed by atoms with E-state index in [4.69, 9.17) is 0 Å². The van der Waals surface area contributed by atoms with Crippen molar-refractivity contribution in [3.05, 3.63) is 76.9 Å². The van der Waals surface area contributed by atoms with E-state index in [2.05, 4.69) is 14.8 Å². The summed E-state index contributed by atoms with van der Waals surface area (Å²) in [5.41, 5.74) is 3.92. The molecule has 5 rings (SSSR count). The Kier molecular flexibility index (Phi) is 4.86. The van der Waals surface area contributed by atoms with Crippen LogP contribution in [0.25, 0.3) is 11.1 Å². The minimum atomic E-state index is -3.71. The van der Waals surface area contributed by atoms with Crippen LogP contribution in [-0.2, 0) is 10.2 Å². The number of amides is 1. The van der Waals surface area contributed by atoms with Crippen LogP contribution in [0.5, 0.6) is 11.5 Å². The van der Waals surface area contributed by atoms with Gasteiger partial charge in [0, 0.05) is 7.11 Å². The summed E-state index contributed by atoms with van der Waals surface area (Å²) in [7, 11) is 0. The van der Waals surface area contributed by atoms with E-state index >= 15 is 0 Å². The molecule has 0 bridgehead atoms. The molecule has 1 fully saturated rings. The van der Waals surface area contributed by atoms with Gasteiger partial charge in [-0.3, -0.25) is 4.79 Å². The fourth-order valence-electron chi connectivity index (χ4n) is 4.30. The molecule has 34 heavy (non-hydrogen) atoms. The van der Waals surface area contributed by atoms with Gasteiger partial charge in [-0.15, -0.1) is 8.78 Å². The lowest BCUT2D eigenvalue weighted by Crippen LogP contribution is -2.28. The zero-order valence-corrected chi connectivity index (χ0v) is 18.4. The highest BCUT2D eigenvalue weighted by Gasteiger charge is 2.52. The van der Waals surface area contributed by atoms with Gasteiger partial charge in [0.2, 0.25) is 5.91 Å². The number of nitrogens with one attached hydrogen (secondary N) is 1. The molecule has 176 valence electrons. The van der Waals surface area contributed by atoms with Crippen molar-refractivity contribution in [2.75, 3.05) is 5.32 Å². The van der Waals surface area contributed by atoms with Gasteiger partial charge in [0.25, 0.3) is 0 Å². The van der Waals surface area contributed by atoms with Crippen molar-refractivity contribution in [2.24, 2.45) is 0 Å². The van der Waals surface area contributed by atoms with Crippen molar-refractivity contribution in [2.45, 2.75) is 38.4 Å². The number of halogens is 2. The summed E-state index contributed by atoms with van der Waals surface area (Å²) in [6.45, 7) is 3.81. The van der Waals surface area contributed by atoms with Crippen LogP contribution >= 0.6 is 0 Å². The number of benzene rings is 3. The third kappa shape index (κ3) is 3.75. The van der Waals surface area contributed by atoms with Gasteiger partial charge in [-0.25, -0.2) is 4.79 Å². The Morgan fingerprint density at radius 2 is 1.56 bits per heavy atom. The first-order chi connectivity index (χ1) is 16.1. The molecular weight excluding hydrogens is 444 g/mol. The SMILES string of the molecule is Cc1ccc(NC(=O)C2(c3ccc4c(c3)OC(F)(F)O4)CC2)cc1-c1cc(C(=O)O)ccc1C.[HH]. The molecule has 2 N–H and O–H groups in total. The molecule has 1 heterocycles. The molecule has 1 aliphatic carbocycles. The van der Waals surface area contributed by atoms with Crippen LogP contribution in [0.1, 0.15) is 41.3 Å². The number of aryl methyl sites for hydroxylation is 2. The summed E-state index contributed by atoms with van der Waals surface area (Å²) < 4.78 is 35.7. The number of rotatable bonds is 5. The monoisotopic (exact) mass is 467 g/mol. The Morgan fingerprint density at radius 3 is 2.24 bits per heavy atom. The molecule has 0 spiro atoms. The maximum atomic E-state index is 13.4. The maximum absolute atomic E-state index is 13.4. The van der Waals surface area contributed by atoms with E-state index in [9.17, 15) is 23.5 Å². The molecule has 1 saturated carbocycles. The van der Waals surface area contributed by atoms with Crippen LogP contribution in [0, 0.1) is 13.8 Å². The largest absolute Gasteiger partial charge is 0.586 e. The van der Waals surface area contributed by atoms with Gasteiger partial charge in [-0.05, 0) is 90.9 Å². The fraction of sp³-hybridized carbons (Fsp3) is 0.231. The molecule has 3 aromatic rings. The molecule has 0 aromatic heterocycles. The van der Waals surface area contributed by atoms with E-state index < -0.39 is 17.7 Å². The van der Waals surface area contributed by atoms with Crippen molar-refractivity contribution in [3.63, 3.8) is 0 Å². The van der Waals surface area contributed by atoms with Gasteiger partial charge in [-0.1, -0.05) is 18.2 Å². The van der Waals surface area contributed by atoms with Crippen LogP contribution in [0.3, 0.4) is 0 Å². The lowest BCUT2D eigenvalue weighted by atomic mass is 9.93. The topological polar surface area (TPSA) is 84.9 Å². The highest BCUT2D eigenvalue weighted by molar-refractivity contribution is 6.02. The highest BCUT2D eigenvalue weighted by atomic mass is 19.3. The quantitative estimate of drug-likeness (QED) is 0.488. The predicted molar refractivity (Wildman–Crippen MR) is 123 cm³/mol. The number of carbonyl (C=O) groups excluding carboxylic acids is 1. The Morgan fingerprint density at radius 1 is 0.912 bits per heavy atom. The van der Waals surface area contributed by atoms with E-state index in [0.717, 1.165) is 22.3 Å². The number of alkyl halides is 2. The zero-order chi connectivity index (χ0) is 24.3. The van der Waals surface area contributed by atoms with E-state index in [0.29, 0.717) is 24.1 Å². The molecule has 0 unspecified atom stereocenters. The normalized spacial score (nSPS) is 16.7. The summed E-state index contributed by atoms with van der Waals surface area (Å²) in [5, 5.41) is 12.3. The van der Waals surface area contributed by atoms with Gasteiger partial charge >= 0.3 is 12.3 Å². The number of hydrogen-bond acceptors (Lipinski definition) is 4. The first kappa shape index (κ1) is 21.9. The van der Waals surface area contributed by atoms with Crippen molar-refractivity contribution >= 4 is 17.6 Å². The lowest BCUT2D eigenvalue weighted by molar-refractivity contribution is -0.286. The Labute approximate surface area is 195 Å². The number of anilines is 1. The van der Waals surface area contributed by atoms with Gasteiger partial charge in [-0.2, -0.15) is 0 Å². The van der Waals surface area contributed by atoms with E-state index in [-0.39, 0.29) is 24.4 Å². The predicted octanol–water partition coefficient (Wildman–Crippen LogP) is 5.91. The molecule has 2 aliphatic rings. The average molecular weight is 467 g/mol. The molecule has 1 amide bonds. The molecule has 3 aromatic carbocycles. The minimum Gasteiger partial charge on any atom is -0.478 e. The second-order valence-electron chi connectivity index (χ2n) is 8.73. The van der Waals surface area contributed by atoms with Crippen molar-refractivity contribution < 1.29 is 34.4 Å². The third-order valence-electron chi connectivity index (χ3n) is 6.41. The summed E-state index contributed by atoms with van der Waals surface area (Å²) >= 11 is 0. The van der Waals surface area contributed by atoms with E-state index in [1.807, 2.05) is 26.0 Å². The van der Waals surface area contributed by atoms with Crippen LogP contribution in [0.15, 0.2) is 54.6 Å². The van der Waals surface area contributed by atoms with Gasteiger partial charge < -0.3 is 19.9 Å². The summed E-state index contributed by atoms with van der Waals surface area (Å²) in [5.74, 6) is -1.41. The third-order valence-corrected chi connectivity index (χ3v) is 6.41. The number of hydrogen-bond donors (Lipinski definition) is 2. The van der Waals surface area contributed by atoms with Gasteiger partial charge in [0.15, 0.2) is 11.5 Å². The van der Waals surface area contributed by atoms with E-state index in [1.54, 1.807) is 30.3 Å². The summed E-state index contributed by atoms with van der Waals surface area (Å²) in [6, 6.07) is 14.8. The molecule has 1 aliphatic heterocycles. The van der Waals surface area contributed by atoms with Crippen LogP contribution < -0.4 is 14.8 Å². The smallest absolute Gasteiger partial charge is 0.478 e. The zero-order valence-electron chi connectivity index (χ0n) is 18.4. The molecule has 8 heteroatoms. The van der Waals surface area contributed by atoms with Crippen molar-refractivity contribution in [1.29, 1.82) is 0 Å². The van der Waals surface area contributed by atoms with Crippen LogP contribution in [0.2, 0.25) is 0 Å². The number of aromatic carboxylic acids is 1. The maximum Gasteiger partial charge on any atom is 0.586 e. The highest BCUT2D eigenvalue weighted by Crippen LogP contribution is 2.52. The Bertz CT molecular complexity index is 1350. The summed E-state index contributed by atoms with van der Waals surface area (Å²) in [4.78, 5) is 24.7. The standard InChI is InChI=1S/C26H21F2NO5.H2/c1-14-3-5-16(23(30)31)11-19(14)20-13-18(7-4-15(20)2)29-24(32)25(9-10-25)17-6-8-21-22(12-17)34-26(27,28)33-21;/h3-8,11-13H,9-10H2,1-2H3,(H,29,32)(H,30,31);1H. The fourth-order valence-corrected chi connectivity index (χ4v) is 4.30. The van der Waals surface area contributed by atoms with Crippen LogP contribution in [0.4, 0.5) is 14.5 Å². The minimum absolute atomic E-state index is 0. The van der Waals surface area contributed by atoms with Crippen molar-refractivity contribution in [1.82, 2.24) is 0 Å².